The second-order valence-corrected chi connectivity index (χ2v) is 5.56. The molecule has 17 heavy (non-hydrogen) atoms. The van der Waals surface area contributed by atoms with Gasteiger partial charge in [-0.1, -0.05) is 6.92 Å². The number of methoxy groups -OCH3 is 1. The van der Waals surface area contributed by atoms with E-state index in [-0.39, 0.29) is 0 Å². The molecule has 3 unspecified atom stereocenters. The standard InChI is InChI=1S/C14H28N2O/c1-3-12-7-10-16(9-4-8-15-12)13-5-6-14(11-13)17-2/h12-15H,3-11H2,1-2H3. The van der Waals surface area contributed by atoms with Gasteiger partial charge in [0, 0.05) is 19.2 Å². The lowest BCUT2D eigenvalue weighted by Gasteiger charge is -2.33. The van der Waals surface area contributed by atoms with Crippen LogP contribution in [0.3, 0.4) is 0 Å². The number of rotatable bonds is 3. The zero-order valence-electron chi connectivity index (χ0n) is 11.5. The number of nitrogens with zero attached hydrogens (tertiary/aromatic N) is 1. The van der Waals surface area contributed by atoms with Gasteiger partial charge < -0.3 is 15.0 Å². The summed E-state index contributed by atoms with van der Waals surface area (Å²) >= 11 is 0. The highest BCUT2D eigenvalue weighted by Crippen LogP contribution is 2.26. The Labute approximate surface area is 106 Å². The average Bonchev–Trinajstić information content (AvgIpc) is 2.78. The number of nitrogens with one attached hydrogen (secondary N) is 1. The van der Waals surface area contributed by atoms with E-state index in [1.807, 2.05) is 7.11 Å². The first-order valence-electron chi connectivity index (χ1n) is 7.33. The van der Waals surface area contributed by atoms with Crippen molar-refractivity contribution in [3.63, 3.8) is 0 Å². The van der Waals surface area contributed by atoms with Gasteiger partial charge in [0.1, 0.15) is 0 Å². The molecule has 0 spiro atoms. The molecule has 1 N–H and O–H groups in total. The van der Waals surface area contributed by atoms with Crippen LogP contribution in [0.25, 0.3) is 0 Å². The molecule has 1 aliphatic carbocycles. The van der Waals surface area contributed by atoms with Gasteiger partial charge in [-0.3, -0.25) is 0 Å². The van der Waals surface area contributed by atoms with E-state index in [0.29, 0.717) is 6.10 Å². The molecule has 0 amide bonds. The topological polar surface area (TPSA) is 24.5 Å². The van der Waals surface area contributed by atoms with Gasteiger partial charge in [-0.2, -0.15) is 0 Å². The summed E-state index contributed by atoms with van der Waals surface area (Å²) in [6, 6.07) is 1.52. The molecular formula is C14H28N2O. The molecule has 0 radical (unpaired) electrons. The maximum absolute atomic E-state index is 5.49. The predicted octanol–water partition coefficient (Wildman–Crippen LogP) is 2.02. The Balaban J connectivity index is 1.82. The molecule has 2 fully saturated rings. The average molecular weight is 240 g/mol. The van der Waals surface area contributed by atoms with Crippen LogP contribution in [-0.2, 0) is 4.74 Å². The fourth-order valence-corrected chi connectivity index (χ4v) is 3.30. The van der Waals surface area contributed by atoms with E-state index in [1.165, 1.54) is 58.2 Å². The van der Waals surface area contributed by atoms with Crippen molar-refractivity contribution in [1.29, 1.82) is 0 Å². The van der Waals surface area contributed by atoms with Gasteiger partial charge in [0.2, 0.25) is 0 Å². The van der Waals surface area contributed by atoms with Crippen LogP contribution in [0.15, 0.2) is 0 Å². The summed E-state index contributed by atoms with van der Waals surface area (Å²) in [5.74, 6) is 0. The molecule has 2 aliphatic rings. The molecule has 3 heteroatoms. The summed E-state index contributed by atoms with van der Waals surface area (Å²) in [6.45, 7) is 6.02. The zero-order valence-corrected chi connectivity index (χ0v) is 11.5. The van der Waals surface area contributed by atoms with Gasteiger partial charge in [0.25, 0.3) is 0 Å². The molecule has 0 aromatic rings. The number of ether oxygens (including phenoxy) is 1. The van der Waals surface area contributed by atoms with E-state index in [1.54, 1.807) is 0 Å². The first-order chi connectivity index (χ1) is 8.33. The molecule has 1 saturated heterocycles. The van der Waals surface area contributed by atoms with Crippen LogP contribution < -0.4 is 5.32 Å². The zero-order chi connectivity index (χ0) is 12.1. The molecule has 0 bridgehead atoms. The molecule has 0 aromatic heterocycles. The summed E-state index contributed by atoms with van der Waals surface area (Å²) in [7, 11) is 1.86. The van der Waals surface area contributed by atoms with E-state index in [2.05, 4.69) is 17.1 Å². The maximum atomic E-state index is 5.49. The van der Waals surface area contributed by atoms with Gasteiger partial charge in [0.15, 0.2) is 0 Å². The summed E-state index contributed by atoms with van der Waals surface area (Å²) in [5, 5.41) is 3.65. The minimum atomic E-state index is 0.519. The van der Waals surface area contributed by atoms with E-state index in [0.717, 1.165) is 12.1 Å². The first-order valence-corrected chi connectivity index (χ1v) is 7.33. The lowest BCUT2D eigenvalue weighted by Crippen LogP contribution is -2.43. The van der Waals surface area contributed by atoms with Crippen LogP contribution >= 0.6 is 0 Å². The Hall–Kier alpha value is -0.120. The summed E-state index contributed by atoms with van der Waals surface area (Å²) in [6.07, 6.45) is 8.23. The van der Waals surface area contributed by atoms with Crippen LogP contribution in [0.2, 0.25) is 0 Å². The van der Waals surface area contributed by atoms with E-state index in [9.17, 15) is 0 Å². The van der Waals surface area contributed by atoms with Crippen molar-refractivity contribution in [2.75, 3.05) is 26.7 Å². The monoisotopic (exact) mass is 240 g/mol. The van der Waals surface area contributed by atoms with Crippen molar-refractivity contribution in [3.05, 3.63) is 0 Å². The molecule has 1 aliphatic heterocycles. The lowest BCUT2D eigenvalue weighted by atomic mass is 10.1. The Kier molecular flexibility index (Phi) is 5.26. The van der Waals surface area contributed by atoms with E-state index >= 15 is 0 Å². The molecule has 3 atom stereocenters. The maximum Gasteiger partial charge on any atom is 0.0586 e. The van der Waals surface area contributed by atoms with Crippen LogP contribution in [-0.4, -0.2) is 49.8 Å². The predicted molar refractivity (Wildman–Crippen MR) is 71.3 cm³/mol. The lowest BCUT2D eigenvalue weighted by molar-refractivity contribution is 0.0941. The summed E-state index contributed by atoms with van der Waals surface area (Å²) < 4.78 is 5.49. The van der Waals surface area contributed by atoms with E-state index < -0.39 is 0 Å². The van der Waals surface area contributed by atoms with Crippen molar-refractivity contribution >= 4 is 0 Å². The third kappa shape index (κ3) is 3.67. The highest BCUT2D eigenvalue weighted by atomic mass is 16.5. The van der Waals surface area contributed by atoms with Crippen LogP contribution in [0.4, 0.5) is 0 Å². The number of hydrogen-bond donors (Lipinski definition) is 1. The van der Waals surface area contributed by atoms with Gasteiger partial charge in [-0.25, -0.2) is 0 Å². The molecule has 3 nitrogen and oxygen atoms in total. The second-order valence-electron chi connectivity index (χ2n) is 5.56. The Morgan fingerprint density at radius 2 is 2.12 bits per heavy atom. The van der Waals surface area contributed by atoms with Gasteiger partial charge in [0.05, 0.1) is 6.10 Å². The van der Waals surface area contributed by atoms with Crippen molar-refractivity contribution in [1.82, 2.24) is 10.2 Å². The van der Waals surface area contributed by atoms with Crippen molar-refractivity contribution in [2.45, 2.75) is 63.6 Å². The third-order valence-corrected chi connectivity index (χ3v) is 4.52. The Morgan fingerprint density at radius 3 is 2.82 bits per heavy atom. The molecule has 100 valence electrons. The highest BCUT2D eigenvalue weighted by molar-refractivity contribution is 4.85. The molecule has 1 saturated carbocycles. The quantitative estimate of drug-likeness (QED) is 0.817. The molecular weight excluding hydrogens is 212 g/mol. The van der Waals surface area contributed by atoms with E-state index in [4.69, 9.17) is 4.74 Å². The first kappa shape index (κ1) is 13.3. The largest absolute Gasteiger partial charge is 0.381 e. The second kappa shape index (κ2) is 6.72. The SMILES string of the molecule is CCC1CCN(C2CCC(OC)C2)CCCN1. The molecule has 1 heterocycles. The van der Waals surface area contributed by atoms with Crippen molar-refractivity contribution < 1.29 is 4.74 Å². The summed E-state index contributed by atoms with van der Waals surface area (Å²) in [5.41, 5.74) is 0. The third-order valence-electron chi connectivity index (χ3n) is 4.52. The van der Waals surface area contributed by atoms with Crippen LogP contribution in [0, 0.1) is 0 Å². The minimum absolute atomic E-state index is 0.519. The molecule has 0 aromatic carbocycles. The van der Waals surface area contributed by atoms with Crippen molar-refractivity contribution in [2.24, 2.45) is 0 Å². The Morgan fingerprint density at radius 1 is 1.24 bits per heavy atom. The fraction of sp³-hybridized carbons (Fsp3) is 1.00. The fourth-order valence-electron chi connectivity index (χ4n) is 3.30. The normalized spacial score (nSPS) is 36.7. The minimum Gasteiger partial charge on any atom is -0.381 e. The van der Waals surface area contributed by atoms with Crippen LogP contribution in [0.1, 0.15) is 45.4 Å². The van der Waals surface area contributed by atoms with Gasteiger partial charge in [-0.15, -0.1) is 0 Å². The highest BCUT2D eigenvalue weighted by Gasteiger charge is 2.29. The van der Waals surface area contributed by atoms with Crippen LogP contribution in [0.5, 0.6) is 0 Å². The van der Waals surface area contributed by atoms with Crippen molar-refractivity contribution in [3.8, 4) is 0 Å². The molecule has 2 rings (SSSR count). The number of hydrogen-bond acceptors (Lipinski definition) is 3. The summed E-state index contributed by atoms with van der Waals surface area (Å²) in [4.78, 5) is 2.72. The van der Waals surface area contributed by atoms with Gasteiger partial charge in [-0.05, 0) is 58.2 Å². The Bertz CT molecular complexity index is 222. The smallest absolute Gasteiger partial charge is 0.0586 e. The van der Waals surface area contributed by atoms with Gasteiger partial charge >= 0.3 is 0 Å².